The molecule has 2 heterocycles. The van der Waals surface area contributed by atoms with Gasteiger partial charge in [0, 0.05) is 13.1 Å². The van der Waals surface area contributed by atoms with Crippen molar-refractivity contribution in [3.63, 3.8) is 0 Å². The highest BCUT2D eigenvalue weighted by Gasteiger charge is 2.37. The van der Waals surface area contributed by atoms with Crippen LogP contribution in [0.2, 0.25) is 0 Å². The van der Waals surface area contributed by atoms with Crippen LogP contribution in [-0.4, -0.2) is 53.6 Å². The van der Waals surface area contributed by atoms with E-state index >= 15 is 0 Å². The quantitative estimate of drug-likeness (QED) is 0.322. The Bertz CT molecular complexity index is 1170. The van der Waals surface area contributed by atoms with Crippen molar-refractivity contribution in [3.05, 3.63) is 61.8 Å². The second kappa shape index (κ2) is 11.4. The van der Waals surface area contributed by atoms with E-state index in [1.807, 2.05) is 6.07 Å². The summed E-state index contributed by atoms with van der Waals surface area (Å²) in [7, 11) is 1.51. The number of nitrogens with zero attached hydrogens (tertiary/aromatic N) is 2. The summed E-state index contributed by atoms with van der Waals surface area (Å²) in [4.78, 5) is 40.9. The standard InChI is InChI=1S/C25H24FIN2O5S/c1-33-20-12-17(11-19(27)23(20)34-15-16-5-7-18(26)8-6-16)13-21-24(31)29(25(32)35-21)14-22(30)28-9-3-2-4-10-28/h5-8,11-13H,2-4,9-10,14-15H2,1H3/b21-13-. The first-order valence-electron chi connectivity index (χ1n) is 11.1. The van der Waals surface area contributed by atoms with E-state index < -0.39 is 11.1 Å². The van der Waals surface area contributed by atoms with Crippen LogP contribution in [0, 0.1) is 9.39 Å². The van der Waals surface area contributed by atoms with E-state index in [1.165, 1.54) is 19.2 Å². The molecule has 0 radical (unpaired) electrons. The molecule has 0 N–H and O–H groups in total. The number of halogens is 2. The Kier molecular flexibility index (Phi) is 8.32. The van der Waals surface area contributed by atoms with E-state index in [4.69, 9.17) is 9.47 Å². The largest absolute Gasteiger partial charge is 0.493 e. The molecule has 0 atom stereocenters. The first kappa shape index (κ1) is 25.5. The maximum Gasteiger partial charge on any atom is 0.294 e. The van der Waals surface area contributed by atoms with E-state index in [2.05, 4.69) is 22.6 Å². The molecule has 2 aromatic rings. The lowest BCUT2D eigenvalue weighted by molar-refractivity contribution is -0.136. The Morgan fingerprint density at radius 2 is 1.86 bits per heavy atom. The van der Waals surface area contributed by atoms with Gasteiger partial charge >= 0.3 is 0 Å². The van der Waals surface area contributed by atoms with Gasteiger partial charge in [0.05, 0.1) is 15.6 Å². The predicted octanol–water partition coefficient (Wildman–Crippen LogP) is 5.07. The van der Waals surface area contributed by atoms with E-state index in [0.717, 1.165) is 45.1 Å². The van der Waals surface area contributed by atoms with Crippen molar-refractivity contribution in [1.29, 1.82) is 0 Å². The van der Waals surface area contributed by atoms with Crippen LogP contribution in [0.15, 0.2) is 41.3 Å². The van der Waals surface area contributed by atoms with Crippen LogP contribution in [0.5, 0.6) is 11.5 Å². The van der Waals surface area contributed by atoms with Crippen LogP contribution in [0.25, 0.3) is 6.08 Å². The number of carbonyl (C=O) groups is 3. The Morgan fingerprint density at radius 1 is 1.14 bits per heavy atom. The fourth-order valence-electron chi connectivity index (χ4n) is 3.87. The molecule has 10 heteroatoms. The predicted molar refractivity (Wildman–Crippen MR) is 140 cm³/mol. The van der Waals surface area contributed by atoms with Crippen molar-refractivity contribution in [2.45, 2.75) is 25.9 Å². The van der Waals surface area contributed by atoms with Gasteiger partial charge in [-0.2, -0.15) is 0 Å². The molecule has 4 rings (SSSR count). The first-order valence-corrected chi connectivity index (χ1v) is 13.0. The number of piperidine rings is 1. The van der Waals surface area contributed by atoms with E-state index in [1.54, 1.807) is 29.2 Å². The van der Waals surface area contributed by atoms with Crippen molar-refractivity contribution in [3.8, 4) is 11.5 Å². The van der Waals surface area contributed by atoms with Gasteiger partial charge in [-0.3, -0.25) is 19.3 Å². The molecule has 0 aromatic heterocycles. The van der Waals surface area contributed by atoms with E-state index in [0.29, 0.717) is 30.2 Å². The lowest BCUT2D eigenvalue weighted by Crippen LogP contribution is -2.44. The van der Waals surface area contributed by atoms with Gasteiger partial charge in [0.15, 0.2) is 11.5 Å². The number of hydrogen-bond donors (Lipinski definition) is 0. The van der Waals surface area contributed by atoms with E-state index in [9.17, 15) is 18.8 Å². The molecule has 0 saturated carbocycles. The molecule has 0 aliphatic carbocycles. The number of rotatable bonds is 7. The van der Waals surface area contributed by atoms with Crippen molar-refractivity contribution in [2.24, 2.45) is 0 Å². The smallest absolute Gasteiger partial charge is 0.294 e. The molecule has 35 heavy (non-hydrogen) atoms. The van der Waals surface area contributed by atoms with Crippen LogP contribution in [0.1, 0.15) is 30.4 Å². The Hall–Kier alpha value is -2.60. The van der Waals surface area contributed by atoms with Crippen LogP contribution < -0.4 is 9.47 Å². The number of benzene rings is 2. The minimum Gasteiger partial charge on any atom is -0.493 e. The topological polar surface area (TPSA) is 76.2 Å². The zero-order valence-corrected chi connectivity index (χ0v) is 22.1. The summed E-state index contributed by atoms with van der Waals surface area (Å²) in [5.41, 5.74) is 1.47. The summed E-state index contributed by atoms with van der Waals surface area (Å²) < 4.78 is 25.3. The fourth-order valence-corrected chi connectivity index (χ4v) is 5.48. The Morgan fingerprint density at radius 3 is 2.54 bits per heavy atom. The fraction of sp³-hybridized carbons (Fsp3) is 0.320. The average Bonchev–Trinajstić information content (AvgIpc) is 3.11. The lowest BCUT2D eigenvalue weighted by atomic mass is 10.1. The van der Waals surface area contributed by atoms with Gasteiger partial charge in [-0.15, -0.1) is 0 Å². The van der Waals surface area contributed by atoms with Gasteiger partial charge in [0.25, 0.3) is 11.1 Å². The number of ether oxygens (including phenoxy) is 2. The number of methoxy groups -OCH3 is 1. The maximum atomic E-state index is 13.1. The van der Waals surface area contributed by atoms with Crippen LogP contribution in [0.4, 0.5) is 9.18 Å². The number of carbonyl (C=O) groups excluding carboxylic acids is 3. The zero-order chi connectivity index (χ0) is 24.9. The highest BCUT2D eigenvalue weighted by atomic mass is 127. The third-order valence-corrected chi connectivity index (χ3v) is 7.43. The molecule has 0 spiro atoms. The Labute approximate surface area is 220 Å². The minimum absolute atomic E-state index is 0.202. The third kappa shape index (κ3) is 6.16. The summed E-state index contributed by atoms with van der Waals surface area (Å²) in [6.07, 6.45) is 4.59. The van der Waals surface area contributed by atoms with Gasteiger partial charge in [0.2, 0.25) is 5.91 Å². The minimum atomic E-state index is -0.476. The molecule has 2 saturated heterocycles. The molecular weight excluding hydrogens is 586 g/mol. The SMILES string of the molecule is COc1cc(/C=C2\SC(=O)N(CC(=O)N3CCCCC3)C2=O)cc(I)c1OCc1ccc(F)cc1. The van der Waals surface area contributed by atoms with Gasteiger partial charge in [-0.05, 0) is 95.1 Å². The van der Waals surface area contributed by atoms with Gasteiger partial charge in [-0.25, -0.2) is 4.39 Å². The molecule has 3 amide bonds. The monoisotopic (exact) mass is 610 g/mol. The third-order valence-electron chi connectivity index (χ3n) is 5.72. The van der Waals surface area contributed by atoms with Crippen LogP contribution >= 0.6 is 34.4 Å². The summed E-state index contributed by atoms with van der Waals surface area (Å²) in [6, 6.07) is 9.57. The van der Waals surface area contributed by atoms with E-state index in [-0.39, 0.29) is 29.8 Å². The number of likely N-dealkylation sites (tertiary alicyclic amines) is 1. The molecule has 2 aliphatic rings. The van der Waals surface area contributed by atoms with Crippen molar-refractivity contribution in [1.82, 2.24) is 9.80 Å². The number of imide groups is 1. The second-order valence-corrected chi connectivity index (χ2v) is 10.3. The van der Waals surface area contributed by atoms with Gasteiger partial charge < -0.3 is 14.4 Å². The average molecular weight is 610 g/mol. The summed E-state index contributed by atoms with van der Waals surface area (Å²) >= 11 is 2.93. The number of amides is 3. The summed E-state index contributed by atoms with van der Waals surface area (Å²) in [5, 5.41) is -0.451. The second-order valence-electron chi connectivity index (χ2n) is 8.16. The van der Waals surface area contributed by atoms with Crippen molar-refractivity contribution in [2.75, 3.05) is 26.7 Å². The van der Waals surface area contributed by atoms with Crippen LogP contribution in [0.3, 0.4) is 0 Å². The molecule has 7 nitrogen and oxygen atoms in total. The first-order chi connectivity index (χ1) is 16.9. The normalized spacial score (nSPS) is 17.3. The molecule has 184 valence electrons. The van der Waals surface area contributed by atoms with Crippen LogP contribution in [-0.2, 0) is 16.2 Å². The van der Waals surface area contributed by atoms with Crippen molar-refractivity contribution < 1.29 is 28.2 Å². The molecule has 0 bridgehead atoms. The van der Waals surface area contributed by atoms with Crippen molar-refractivity contribution >= 4 is 57.5 Å². The maximum absolute atomic E-state index is 13.1. The zero-order valence-electron chi connectivity index (χ0n) is 19.1. The molecule has 2 aliphatic heterocycles. The molecular formula is C25H24FIN2O5S. The van der Waals surface area contributed by atoms with Gasteiger partial charge in [-0.1, -0.05) is 12.1 Å². The molecule has 0 unspecified atom stereocenters. The Balaban J connectivity index is 1.47. The molecule has 2 fully saturated rings. The summed E-state index contributed by atoms with van der Waals surface area (Å²) in [5.74, 6) is -0.00629. The summed E-state index contributed by atoms with van der Waals surface area (Å²) in [6.45, 7) is 1.33. The lowest BCUT2D eigenvalue weighted by Gasteiger charge is -2.27. The van der Waals surface area contributed by atoms with Gasteiger partial charge in [0.1, 0.15) is 19.0 Å². The number of hydrogen-bond acceptors (Lipinski definition) is 6. The molecule has 2 aromatic carbocycles. The number of thioether (sulfide) groups is 1. The highest BCUT2D eigenvalue weighted by Crippen LogP contribution is 2.37. The highest BCUT2D eigenvalue weighted by molar-refractivity contribution is 14.1.